The molecule has 0 spiro atoms. The first kappa shape index (κ1) is 12.1. The predicted octanol–water partition coefficient (Wildman–Crippen LogP) is 3.62. The molecule has 1 aromatic carbocycles. The van der Waals surface area contributed by atoms with E-state index in [2.05, 4.69) is 4.98 Å². The van der Waals surface area contributed by atoms with Gasteiger partial charge >= 0.3 is 0 Å². The van der Waals surface area contributed by atoms with Crippen LogP contribution in [0.2, 0.25) is 5.02 Å². The Kier molecular flexibility index (Phi) is 3.77. The third kappa shape index (κ3) is 2.16. The lowest BCUT2D eigenvalue weighted by atomic mass is 10.3. The molecule has 0 unspecified atom stereocenters. The number of hydrogen-bond acceptors (Lipinski definition) is 2. The van der Waals surface area contributed by atoms with E-state index in [1.807, 2.05) is 20.9 Å². The van der Waals surface area contributed by atoms with Gasteiger partial charge in [0, 0.05) is 13.1 Å². The van der Waals surface area contributed by atoms with Gasteiger partial charge in [-0.2, -0.15) is 0 Å². The molecule has 0 radical (unpaired) electrons. The van der Waals surface area contributed by atoms with Crippen molar-refractivity contribution < 1.29 is 5.11 Å². The number of aromatic nitrogens is 2. The van der Waals surface area contributed by atoms with E-state index in [-0.39, 0.29) is 5.75 Å². The summed E-state index contributed by atoms with van der Waals surface area (Å²) in [5, 5.41) is 9.68. The summed E-state index contributed by atoms with van der Waals surface area (Å²) in [4.78, 5) is 2.98. The fraction of sp³-hybridized carbons (Fsp3) is 0.300. The maximum Gasteiger partial charge on any atom is 0.177 e. The second-order valence-corrected chi connectivity index (χ2v) is 3.60. The Hall–Kier alpha value is -1.00. The zero-order chi connectivity index (χ0) is 11.6. The van der Waals surface area contributed by atoms with Crippen LogP contribution in [0.4, 0.5) is 0 Å². The van der Waals surface area contributed by atoms with E-state index in [0.717, 1.165) is 11.0 Å². The highest BCUT2D eigenvalue weighted by molar-refractivity contribution is 7.71. The molecule has 2 aromatic rings. The van der Waals surface area contributed by atoms with Crippen LogP contribution in [0.15, 0.2) is 12.1 Å². The van der Waals surface area contributed by atoms with Crippen LogP contribution < -0.4 is 0 Å². The Balaban J connectivity index is 0.000000531. The quantitative estimate of drug-likeness (QED) is 0.695. The monoisotopic (exact) mass is 244 g/mol. The Bertz CT molecular complexity index is 530. The molecule has 2 N–H and O–H groups in total. The zero-order valence-electron chi connectivity index (χ0n) is 8.84. The fourth-order valence-corrected chi connectivity index (χ4v) is 1.61. The van der Waals surface area contributed by atoms with Gasteiger partial charge in [0.05, 0.1) is 16.1 Å². The molecule has 82 valence electrons. The van der Waals surface area contributed by atoms with Crippen LogP contribution in [-0.4, -0.2) is 14.7 Å². The van der Waals surface area contributed by atoms with Gasteiger partial charge in [-0.1, -0.05) is 25.4 Å². The number of benzene rings is 1. The van der Waals surface area contributed by atoms with Crippen molar-refractivity contribution in [3.05, 3.63) is 21.9 Å². The minimum atomic E-state index is 0.0683. The molecule has 0 aliphatic heterocycles. The van der Waals surface area contributed by atoms with Crippen molar-refractivity contribution in [1.29, 1.82) is 0 Å². The van der Waals surface area contributed by atoms with E-state index in [1.54, 1.807) is 16.7 Å². The summed E-state index contributed by atoms with van der Waals surface area (Å²) in [5.74, 6) is 0.0683. The molecule has 0 fully saturated rings. The molecule has 3 nitrogen and oxygen atoms in total. The highest BCUT2D eigenvalue weighted by Gasteiger charge is 2.05. The second-order valence-electron chi connectivity index (χ2n) is 2.81. The van der Waals surface area contributed by atoms with Gasteiger partial charge in [-0.3, -0.25) is 0 Å². The number of phenolic OH excluding ortho intramolecular Hbond substituents is 1. The van der Waals surface area contributed by atoms with E-state index in [0.29, 0.717) is 9.79 Å². The highest BCUT2D eigenvalue weighted by Crippen LogP contribution is 2.28. The van der Waals surface area contributed by atoms with Crippen molar-refractivity contribution in [3.63, 3.8) is 0 Å². The summed E-state index contributed by atoms with van der Waals surface area (Å²) in [6.45, 7) is 4.00. The summed E-state index contributed by atoms with van der Waals surface area (Å²) < 4.78 is 2.39. The zero-order valence-corrected chi connectivity index (χ0v) is 10.4. The maximum atomic E-state index is 9.36. The first-order chi connectivity index (χ1) is 7.09. The average Bonchev–Trinajstić information content (AvgIpc) is 2.49. The number of aromatic amines is 1. The van der Waals surface area contributed by atoms with E-state index in [4.69, 9.17) is 23.8 Å². The molecular weight excluding hydrogens is 232 g/mol. The Morgan fingerprint density at radius 2 is 2.00 bits per heavy atom. The van der Waals surface area contributed by atoms with Crippen LogP contribution in [0.25, 0.3) is 11.0 Å². The summed E-state index contributed by atoms with van der Waals surface area (Å²) >= 11 is 10.8. The van der Waals surface area contributed by atoms with Crippen molar-refractivity contribution >= 4 is 34.9 Å². The topological polar surface area (TPSA) is 41.0 Å². The molecule has 0 bridgehead atoms. The van der Waals surface area contributed by atoms with Gasteiger partial charge in [0.25, 0.3) is 0 Å². The number of hydrogen-bond donors (Lipinski definition) is 2. The molecule has 5 heteroatoms. The lowest BCUT2D eigenvalue weighted by Crippen LogP contribution is -1.85. The van der Waals surface area contributed by atoms with Crippen LogP contribution in [0.5, 0.6) is 5.75 Å². The maximum absolute atomic E-state index is 9.36. The Morgan fingerprint density at radius 1 is 1.40 bits per heavy atom. The number of rotatable bonds is 0. The number of imidazole rings is 1. The molecule has 0 amide bonds. The Labute approximate surface area is 98.3 Å². The average molecular weight is 245 g/mol. The standard InChI is InChI=1S/C8H7ClN2OS.C2H6/c1-11-6-3-7(12)4(9)2-5(6)10-8(11)13;1-2/h2-3,12H,1H3,(H,10,13);1-2H3. The van der Waals surface area contributed by atoms with Crippen LogP contribution in [0.1, 0.15) is 13.8 Å². The number of fused-ring (bicyclic) bond motifs is 1. The van der Waals surface area contributed by atoms with Gasteiger partial charge in [0.15, 0.2) is 4.77 Å². The fourth-order valence-electron chi connectivity index (χ4n) is 1.24. The number of halogens is 1. The van der Waals surface area contributed by atoms with Crippen LogP contribution in [0, 0.1) is 4.77 Å². The van der Waals surface area contributed by atoms with E-state index in [9.17, 15) is 5.11 Å². The first-order valence-corrected chi connectivity index (χ1v) is 5.45. The van der Waals surface area contributed by atoms with E-state index >= 15 is 0 Å². The molecule has 15 heavy (non-hydrogen) atoms. The number of nitrogens with one attached hydrogen (secondary N) is 1. The molecule has 0 aliphatic carbocycles. The summed E-state index contributed by atoms with van der Waals surface area (Å²) in [6.07, 6.45) is 0. The smallest absolute Gasteiger partial charge is 0.177 e. The summed E-state index contributed by atoms with van der Waals surface area (Å²) in [7, 11) is 1.83. The molecule has 0 saturated heterocycles. The lowest BCUT2D eigenvalue weighted by Gasteiger charge is -1.97. The first-order valence-electron chi connectivity index (χ1n) is 4.67. The van der Waals surface area contributed by atoms with Crippen LogP contribution in [0.3, 0.4) is 0 Å². The molecule has 1 heterocycles. The third-order valence-corrected chi connectivity index (χ3v) is 2.65. The number of H-pyrrole nitrogens is 1. The van der Waals surface area contributed by atoms with Crippen molar-refractivity contribution in [1.82, 2.24) is 9.55 Å². The molecular formula is C10H13ClN2OS. The van der Waals surface area contributed by atoms with Crippen molar-refractivity contribution in [2.24, 2.45) is 7.05 Å². The second kappa shape index (κ2) is 4.68. The number of phenols is 1. The van der Waals surface area contributed by atoms with Gasteiger partial charge in [0.2, 0.25) is 0 Å². The van der Waals surface area contributed by atoms with Gasteiger partial charge < -0.3 is 14.7 Å². The van der Waals surface area contributed by atoms with E-state index in [1.165, 1.54) is 0 Å². The SMILES string of the molecule is CC.Cn1c(=S)[nH]c2cc(Cl)c(O)cc21. The minimum absolute atomic E-state index is 0.0683. The number of aryl methyl sites for hydroxylation is 1. The molecule has 0 atom stereocenters. The van der Waals surface area contributed by atoms with Crippen molar-refractivity contribution in [2.45, 2.75) is 13.8 Å². The van der Waals surface area contributed by atoms with Gasteiger partial charge in [-0.25, -0.2) is 0 Å². The van der Waals surface area contributed by atoms with Gasteiger partial charge in [-0.15, -0.1) is 0 Å². The highest BCUT2D eigenvalue weighted by atomic mass is 35.5. The van der Waals surface area contributed by atoms with Gasteiger partial charge in [0.1, 0.15) is 5.75 Å². The van der Waals surface area contributed by atoms with Crippen LogP contribution >= 0.6 is 23.8 Å². The van der Waals surface area contributed by atoms with Gasteiger partial charge in [-0.05, 0) is 18.3 Å². The predicted molar refractivity (Wildman–Crippen MR) is 66.1 cm³/mol. The molecule has 0 aliphatic rings. The van der Waals surface area contributed by atoms with Crippen molar-refractivity contribution in [2.75, 3.05) is 0 Å². The van der Waals surface area contributed by atoms with E-state index < -0.39 is 0 Å². The normalized spacial score (nSPS) is 9.87. The Morgan fingerprint density at radius 3 is 2.60 bits per heavy atom. The number of aromatic hydroxyl groups is 1. The summed E-state index contributed by atoms with van der Waals surface area (Å²) in [5.41, 5.74) is 1.67. The number of nitrogens with zero attached hydrogens (tertiary/aromatic N) is 1. The molecule has 1 aromatic heterocycles. The van der Waals surface area contributed by atoms with Crippen LogP contribution in [-0.2, 0) is 7.05 Å². The molecule has 2 rings (SSSR count). The van der Waals surface area contributed by atoms with Crippen molar-refractivity contribution in [3.8, 4) is 5.75 Å². The lowest BCUT2D eigenvalue weighted by molar-refractivity contribution is 0.476. The summed E-state index contributed by atoms with van der Waals surface area (Å²) in [6, 6.07) is 3.24. The minimum Gasteiger partial charge on any atom is -0.506 e. The molecule has 0 saturated carbocycles. The largest absolute Gasteiger partial charge is 0.506 e. The third-order valence-electron chi connectivity index (χ3n) is 1.97.